The van der Waals surface area contributed by atoms with Gasteiger partial charge in [0, 0.05) is 5.02 Å². The monoisotopic (exact) mass is 255 g/mol. The topological polar surface area (TPSA) is 35.2 Å². The third-order valence-corrected chi connectivity index (χ3v) is 3.22. The normalized spacial score (nSPS) is 22.3. The van der Waals surface area contributed by atoms with E-state index in [1.807, 2.05) is 6.07 Å². The Morgan fingerprint density at radius 2 is 2.35 bits per heavy atom. The highest BCUT2D eigenvalue weighted by atomic mass is 35.5. The molecule has 2 atom stereocenters. The summed E-state index contributed by atoms with van der Waals surface area (Å²) in [7, 11) is 0. The Hall–Kier alpha value is -1.06. The summed E-state index contributed by atoms with van der Waals surface area (Å²) < 4.78 is 18.0. The van der Waals surface area contributed by atoms with Crippen molar-refractivity contribution < 1.29 is 9.13 Å². The Morgan fingerprint density at radius 3 is 2.94 bits per heavy atom. The van der Waals surface area contributed by atoms with E-state index in [1.165, 1.54) is 0 Å². The van der Waals surface area contributed by atoms with Crippen LogP contribution in [0.15, 0.2) is 30.6 Å². The summed E-state index contributed by atoms with van der Waals surface area (Å²) in [5.41, 5.74) is 6.65. The van der Waals surface area contributed by atoms with Crippen LogP contribution in [0.4, 0.5) is 4.39 Å². The number of ether oxygens (including phenoxy) is 1. The second kappa shape index (κ2) is 5.07. The summed E-state index contributed by atoms with van der Waals surface area (Å²) in [5.74, 6) is 1.07. The van der Waals surface area contributed by atoms with Gasteiger partial charge >= 0.3 is 0 Å². The van der Waals surface area contributed by atoms with Crippen molar-refractivity contribution in [3.05, 3.63) is 41.2 Å². The number of nitrogens with two attached hydrogens (primary N) is 1. The lowest BCUT2D eigenvalue weighted by Gasteiger charge is -2.11. The van der Waals surface area contributed by atoms with Crippen LogP contribution in [0.5, 0.6) is 5.75 Å². The van der Waals surface area contributed by atoms with Crippen LogP contribution in [-0.2, 0) is 0 Å². The van der Waals surface area contributed by atoms with Crippen molar-refractivity contribution in [2.24, 2.45) is 11.7 Å². The van der Waals surface area contributed by atoms with E-state index in [1.54, 1.807) is 12.1 Å². The Kier molecular flexibility index (Phi) is 3.69. The van der Waals surface area contributed by atoms with E-state index in [0.717, 1.165) is 12.0 Å². The van der Waals surface area contributed by atoms with Crippen LogP contribution < -0.4 is 10.5 Å². The van der Waals surface area contributed by atoms with Crippen molar-refractivity contribution >= 4 is 11.6 Å². The third-order valence-electron chi connectivity index (χ3n) is 2.98. The molecule has 1 aliphatic carbocycles. The number of benzene rings is 1. The maximum absolute atomic E-state index is 12.6. The average molecular weight is 256 g/mol. The van der Waals surface area contributed by atoms with E-state index in [0.29, 0.717) is 29.2 Å². The molecule has 1 fully saturated rings. The zero-order valence-corrected chi connectivity index (χ0v) is 10.2. The maximum Gasteiger partial charge on any atom is 0.139 e. The molecule has 1 aliphatic rings. The van der Waals surface area contributed by atoms with Crippen molar-refractivity contribution in [1.82, 2.24) is 0 Å². The molecule has 17 heavy (non-hydrogen) atoms. The highest BCUT2D eigenvalue weighted by molar-refractivity contribution is 6.30. The Balaban J connectivity index is 2.16. The van der Waals surface area contributed by atoms with E-state index >= 15 is 0 Å². The van der Waals surface area contributed by atoms with Gasteiger partial charge in [0.1, 0.15) is 18.2 Å². The van der Waals surface area contributed by atoms with Crippen LogP contribution in [0.1, 0.15) is 17.9 Å². The van der Waals surface area contributed by atoms with Crippen LogP contribution in [0.2, 0.25) is 5.02 Å². The van der Waals surface area contributed by atoms with Crippen molar-refractivity contribution in [1.29, 1.82) is 0 Å². The maximum atomic E-state index is 12.6. The molecule has 1 aromatic carbocycles. The first kappa shape index (κ1) is 12.4. The first-order valence-electron chi connectivity index (χ1n) is 5.57. The average Bonchev–Trinajstić information content (AvgIpc) is 3.06. The van der Waals surface area contributed by atoms with Crippen LogP contribution in [-0.4, -0.2) is 13.2 Å². The summed E-state index contributed by atoms with van der Waals surface area (Å²) in [6.45, 7) is 3.71. The zero-order valence-electron chi connectivity index (χ0n) is 9.46. The minimum Gasteiger partial charge on any atom is -0.486 e. The van der Waals surface area contributed by atoms with E-state index in [9.17, 15) is 4.39 Å². The molecule has 0 amide bonds. The highest BCUT2D eigenvalue weighted by Crippen LogP contribution is 2.50. The molecular weight excluding hydrogens is 241 g/mol. The molecule has 1 saturated carbocycles. The predicted octanol–water partition coefficient (Wildman–Crippen LogP) is 3.26. The van der Waals surface area contributed by atoms with Gasteiger partial charge in [0.2, 0.25) is 0 Å². The number of hydrogen-bond acceptors (Lipinski definition) is 2. The van der Waals surface area contributed by atoms with E-state index in [2.05, 4.69) is 6.58 Å². The fourth-order valence-electron chi connectivity index (χ4n) is 1.99. The van der Waals surface area contributed by atoms with Crippen LogP contribution in [0.3, 0.4) is 0 Å². The zero-order chi connectivity index (χ0) is 12.4. The molecule has 92 valence electrons. The largest absolute Gasteiger partial charge is 0.486 e. The molecular formula is C13H15ClFNO. The quantitative estimate of drug-likeness (QED) is 0.877. The van der Waals surface area contributed by atoms with Gasteiger partial charge in [-0.2, -0.15) is 0 Å². The lowest BCUT2D eigenvalue weighted by molar-refractivity contribution is 0.316. The number of halogens is 2. The number of rotatable bonds is 5. The molecule has 4 heteroatoms. The van der Waals surface area contributed by atoms with Gasteiger partial charge in [-0.3, -0.25) is 0 Å². The fraction of sp³-hybridized carbons (Fsp3) is 0.385. The van der Waals surface area contributed by atoms with Gasteiger partial charge in [-0.1, -0.05) is 18.2 Å². The molecule has 0 aromatic heterocycles. The van der Waals surface area contributed by atoms with Crippen molar-refractivity contribution in [3.63, 3.8) is 0 Å². The molecule has 0 unspecified atom stereocenters. The molecule has 2 nitrogen and oxygen atoms in total. The molecule has 0 spiro atoms. The Morgan fingerprint density at radius 1 is 1.59 bits per heavy atom. The fourth-order valence-corrected chi connectivity index (χ4v) is 2.17. The van der Waals surface area contributed by atoms with Gasteiger partial charge in [-0.15, -0.1) is 0 Å². The van der Waals surface area contributed by atoms with Crippen LogP contribution >= 0.6 is 11.6 Å². The van der Waals surface area contributed by atoms with Gasteiger partial charge in [0.25, 0.3) is 0 Å². The first-order valence-corrected chi connectivity index (χ1v) is 5.95. The summed E-state index contributed by atoms with van der Waals surface area (Å²) in [5, 5.41) is 0.661. The third kappa shape index (κ3) is 2.99. The molecule has 0 aliphatic heterocycles. The van der Waals surface area contributed by atoms with Gasteiger partial charge in [-0.05, 0) is 48.6 Å². The van der Waals surface area contributed by atoms with Crippen molar-refractivity contribution in [2.75, 3.05) is 13.2 Å². The molecule has 0 radical (unpaired) electrons. The summed E-state index contributed by atoms with van der Waals surface area (Å²) in [4.78, 5) is 0. The SMILES string of the molecule is C=C(F)COc1ccc(Cl)cc1[C@@H]1C[C@H]1CN. The second-order valence-electron chi connectivity index (χ2n) is 4.33. The van der Waals surface area contributed by atoms with Gasteiger partial charge < -0.3 is 10.5 Å². The number of hydrogen-bond donors (Lipinski definition) is 1. The molecule has 0 saturated heterocycles. The predicted molar refractivity (Wildman–Crippen MR) is 67.1 cm³/mol. The summed E-state index contributed by atoms with van der Waals surface area (Å²) in [6.07, 6.45) is 1.05. The summed E-state index contributed by atoms with van der Waals surface area (Å²) in [6, 6.07) is 5.38. The van der Waals surface area contributed by atoms with Crippen molar-refractivity contribution in [3.8, 4) is 5.75 Å². The smallest absolute Gasteiger partial charge is 0.139 e. The minimum absolute atomic E-state index is 0.116. The first-order chi connectivity index (χ1) is 8.11. The van der Waals surface area contributed by atoms with E-state index < -0.39 is 5.83 Å². The van der Waals surface area contributed by atoms with Gasteiger partial charge in [0.05, 0.1) is 0 Å². The van der Waals surface area contributed by atoms with Gasteiger partial charge in [-0.25, -0.2) is 4.39 Å². The Labute approximate surface area is 105 Å². The van der Waals surface area contributed by atoms with Crippen LogP contribution in [0.25, 0.3) is 0 Å². The standard InChI is InChI=1S/C13H15ClFNO/c1-8(15)7-17-13-3-2-10(14)5-12(13)11-4-9(11)6-16/h2-3,5,9,11H,1,4,6-7,16H2/t9-,11+/m0/s1. The Bertz CT molecular complexity index is 435. The van der Waals surface area contributed by atoms with E-state index in [4.69, 9.17) is 22.1 Å². The lowest BCUT2D eigenvalue weighted by Crippen LogP contribution is -2.04. The highest BCUT2D eigenvalue weighted by Gasteiger charge is 2.38. The van der Waals surface area contributed by atoms with E-state index in [-0.39, 0.29) is 6.61 Å². The molecule has 2 rings (SSSR count). The molecule has 2 N–H and O–H groups in total. The van der Waals surface area contributed by atoms with Crippen molar-refractivity contribution in [2.45, 2.75) is 12.3 Å². The molecule has 1 aromatic rings. The second-order valence-corrected chi connectivity index (χ2v) is 4.76. The van der Waals surface area contributed by atoms with Crippen LogP contribution in [0, 0.1) is 5.92 Å². The molecule has 0 bridgehead atoms. The minimum atomic E-state index is -0.489. The lowest BCUT2D eigenvalue weighted by atomic mass is 10.1. The van der Waals surface area contributed by atoms with Gasteiger partial charge in [0.15, 0.2) is 0 Å². The molecule has 0 heterocycles. The summed E-state index contributed by atoms with van der Waals surface area (Å²) >= 11 is 5.96.